The van der Waals surface area contributed by atoms with Crippen LogP contribution in [-0.2, 0) is 6.54 Å². The van der Waals surface area contributed by atoms with Gasteiger partial charge >= 0.3 is 0 Å². The number of hydrogen-bond donors (Lipinski definition) is 3. The minimum Gasteiger partial charge on any atom is -0.423 e. The van der Waals surface area contributed by atoms with Crippen LogP contribution in [0, 0.1) is 12.3 Å². The summed E-state index contributed by atoms with van der Waals surface area (Å²) >= 11 is 0. The Balaban J connectivity index is 1.99. The number of aromatic nitrogens is 5. The summed E-state index contributed by atoms with van der Waals surface area (Å²) in [5, 5.41) is 5.52. The van der Waals surface area contributed by atoms with E-state index >= 15 is 0 Å². The lowest BCUT2D eigenvalue weighted by molar-refractivity contribution is 0.284. The second kappa shape index (κ2) is 6.08. The van der Waals surface area contributed by atoms with Gasteiger partial charge in [0, 0.05) is 12.1 Å². The largest absolute Gasteiger partial charge is 0.423 e. The number of fused-ring (bicyclic) bond motifs is 2. The van der Waals surface area contributed by atoms with Crippen molar-refractivity contribution < 1.29 is 4.42 Å². The first kappa shape index (κ1) is 18.0. The Morgan fingerprint density at radius 3 is 2.57 bits per heavy atom. The van der Waals surface area contributed by atoms with E-state index in [4.69, 9.17) is 26.7 Å². The maximum absolute atomic E-state index is 6.22. The molecule has 6 N–H and O–H groups in total. The smallest absolute Gasteiger partial charge is 0.292 e. The van der Waals surface area contributed by atoms with E-state index in [-0.39, 0.29) is 17.4 Å². The van der Waals surface area contributed by atoms with Gasteiger partial charge in [0.25, 0.3) is 6.01 Å². The third-order valence-corrected chi connectivity index (χ3v) is 5.14. The maximum Gasteiger partial charge on any atom is 0.292 e. The van der Waals surface area contributed by atoms with Gasteiger partial charge in [0.2, 0.25) is 5.95 Å². The van der Waals surface area contributed by atoms with Crippen molar-refractivity contribution in [3.63, 3.8) is 0 Å². The molecule has 0 spiro atoms. The molecule has 0 radical (unpaired) electrons. The Morgan fingerprint density at radius 1 is 1.11 bits per heavy atom. The van der Waals surface area contributed by atoms with Crippen LogP contribution < -0.4 is 17.2 Å². The monoisotopic (exact) mass is 380 g/mol. The number of hydrogen-bond acceptors (Lipinski definition) is 8. The van der Waals surface area contributed by atoms with Crippen LogP contribution >= 0.6 is 0 Å². The van der Waals surface area contributed by atoms with E-state index in [1.807, 2.05) is 23.7 Å². The number of rotatable bonds is 4. The van der Waals surface area contributed by atoms with E-state index < -0.39 is 0 Å². The molecular weight excluding hydrogens is 356 g/mol. The first-order valence-corrected chi connectivity index (χ1v) is 9.15. The molecule has 0 aliphatic heterocycles. The van der Waals surface area contributed by atoms with Crippen molar-refractivity contribution in [2.75, 3.05) is 17.2 Å². The highest BCUT2D eigenvalue weighted by Crippen LogP contribution is 2.35. The van der Waals surface area contributed by atoms with E-state index in [0.717, 1.165) is 17.5 Å². The van der Waals surface area contributed by atoms with Crippen LogP contribution in [0.25, 0.3) is 33.4 Å². The van der Waals surface area contributed by atoms with Crippen molar-refractivity contribution in [2.45, 2.75) is 40.7 Å². The average Bonchev–Trinajstić information content (AvgIpc) is 3.15. The van der Waals surface area contributed by atoms with Crippen LogP contribution in [0.4, 0.5) is 17.8 Å². The van der Waals surface area contributed by atoms with Gasteiger partial charge in [-0.1, -0.05) is 20.8 Å². The molecule has 3 aromatic heterocycles. The van der Waals surface area contributed by atoms with E-state index in [9.17, 15) is 0 Å². The molecule has 0 amide bonds. The third kappa shape index (κ3) is 2.88. The lowest BCUT2D eigenvalue weighted by Crippen LogP contribution is -2.20. The first-order chi connectivity index (χ1) is 13.2. The van der Waals surface area contributed by atoms with Crippen molar-refractivity contribution in [1.82, 2.24) is 24.7 Å². The summed E-state index contributed by atoms with van der Waals surface area (Å²) in [6, 6.07) is 3.99. The van der Waals surface area contributed by atoms with E-state index in [1.165, 1.54) is 0 Å². The lowest BCUT2D eigenvalue weighted by Gasteiger charge is -2.22. The normalized spacial score (nSPS) is 12.3. The van der Waals surface area contributed by atoms with Crippen molar-refractivity contribution in [1.29, 1.82) is 0 Å². The highest BCUT2D eigenvalue weighted by Gasteiger charge is 2.24. The molecule has 0 bridgehead atoms. The molecule has 146 valence electrons. The number of anilines is 3. The fourth-order valence-corrected chi connectivity index (χ4v) is 3.30. The Labute approximate surface area is 161 Å². The molecule has 0 fully saturated rings. The maximum atomic E-state index is 6.22. The number of nitrogen functional groups attached to an aromatic ring is 3. The molecule has 4 aromatic rings. The molecule has 0 saturated heterocycles. The summed E-state index contributed by atoms with van der Waals surface area (Å²) in [6.45, 7) is 9.13. The molecule has 28 heavy (non-hydrogen) atoms. The molecule has 0 atom stereocenters. The van der Waals surface area contributed by atoms with Crippen LogP contribution in [0.3, 0.4) is 0 Å². The number of oxazole rings is 1. The number of aryl methyl sites for hydroxylation is 1. The number of nitrogens with zero attached hydrogens (tertiary/aromatic N) is 5. The van der Waals surface area contributed by atoms with Gasteiger partial charge in [-0.05, 0) is 36.5 Å². The van der Waals surface area contributed by atoms with Crippen molar-refractivity contribution in [3.05, 3.63) is 17.7 Å². The van der Waals surface area contributed by atoms with Gasteiger partial charge in [0.15, 0.2) is 11.2 Å². The summed E-state index contributed by atoms with van der Waals surface area (Å²) in [4.78, 5) is 12.8. The zero-order valence-electron chi connectivity index (χ0n) is 16.4. The Bertz CT molecular complexity index is 1200. The van der Waals surface area contributed by atoms with E-state index in [1.54, 1.807) is 0 Å². The minimum absolute atomic E-state index is 0.0329. The molecular formula is C19H24N8O. The van der Waals surface area contributed by atoms with Crippen LogP contribution in [-0.4, -0.2) is 24.7 Å². The first-order valence-electron chi connectivity index (χ1n) is 9.15. The fourth-order valence-electron chi connectivity index (χ4n) is 3.30. The zero-order chi connectivity index (χ0) is 20.2. The molecule has 4 rings (SSSR count). The minimum atomic E-state index is 0.0329. The third-order valence-electron chi connectivity index (χ3n) is 5.14. The van der Waals surface area contributed by atoms with E-state index in [2.05, 4.69) is 35.7 Å². The summed E-state index contributed by atoms with van der Waals surface area (Å²) in [5.74, 6) is 0.429. The molecule has 9 heteroatoms. The van der Waals surface area contributed by atoms with Gasteiger partial charge < -0.3 is 21.6 Å². The van der Waals surface area contributed by atoms with Crippen LogP contribution in [0.2, 0.25) is 0 Å². The fraction of sp³-hybridized carbons (Fsp3) is 0.368. The van der Waals surface area contributed by atoms with Gasteiger partial charge in [0.1, 0.15) is 17.0 Å². The van der Waals surface area contributed by atoms with Gasteiger partial charge in [-0.2, -0.15) is 20.1 Å². The highest BCUT2D eigenvalue weighted by molar-refractivity contribution is 6.00. The Kier molecular flexibility index (Phi) is 3.91. The molecule has 3 heterocycles. The van der Waals surface area contributed by atoms with Crippen molar-refractivity contribution in [2.24, 2.45) is 5.41 Å². The SMILES string of the molecule is CCC(C)(C)Cn1nc(-c2cc(C)c3oc(N)nc3c2)c2c(N)nc(N)nc21. The Hall–Kier alpha value is -3.36. The predicted molar refractivity (Wildman–Crippen MR) is 110 cm³/mol. The molecule has 0 saturated carbocycles. The predicted octanol–water partition coefficient (Wildman–Crippen LogP) is 3.13. The Morgan fingerprint density at radius 2 is 1.86 bits per heavy atom. The highest BCUT2D eigenvalue weighted by atomic mass is 16.4. The van der Waals surface area contributed by atoms with Gasteiger partial charge in [0.05, 0.1) is 5.39 Å². The topological polar surface area (TPSA) is 148 Å². The molecule has 0 unspecified atom stereocenters. The summed E-state index contributed by atoms with van der Waals surface area (Å²) in [6.07, 6.45) is 0.989. The molecule has 1 aromatic carbocycles. The average molecular weight is 380 g/mol. The lowest BCUT2D eigenvalue weighted by atomic mass is 9.90. The number of nitrogens with two attached hydrogens (primary N) is 3. The van der Waals surface area contributed by atoms with Crippen LogP contribution in [0.5, 0.6) is 0 Å². The van der Waals surface area contributed by atoms with Crippen molar-refractivity contribution >= 4 is 39.9 Å². The van der Waals surface area contributed by atoms with Gasteiger partial charge in [-0.25, -0.2) is 4.68 Å². The zero-order valence-corrected chi connectivity index (χ0v) is 16.4. The summed E-state index contributed by atoms with van der Waals surface area (Å²) in [7, 11) is 0. The second-order valence-corrected chi connectivity index (χ2v) is 7.88. The molecule has 0 aliphatic carbocycles. The van der Waals surface area contributed by atoms with Crippen LogP contribution in [0.15, 0.2) is 16.5 Å². The molecule has 9 nitrogen and oxygen atoms in total. The van der Waals surface area contributed by atoms with Crippen LogP contribution in [0.1, 0.15) is 32.8 Å². The quantitative estimate of drug-likeness (QED) is 0.489. The van der Waals surface area contributed by atoms with Crippen molar-refractivity contribution in [3.8, 4) is 11.3 Å². The summed E-state index contributed by atoms with van der Waals surface area (Å²) in [5.41, 5.74) is 22.2. The summed E-state index contributed by atoms with van der Waals surface area (Å²) < 4.78 is 7.34. The van der Waals surface area contributed by atoms with Gasteiger partial charge in [-0.15, -0.1) is 0 Å². The second-order valence-electron chi connectivity index (χ2n) is 7.88. The number of benzene rings is 1. The molecule has 0 aliphatic rings. The standard InChI is InChI=1S/C19H24N8O/c1-5-19(3,4)8-27-16-12(15(20)24-17(21)25-16)13(26-27)10-6-9(2)14-11(7-10)23-18(22)28-14/h6-7H,5,8H2,1-4H3,(H2,22,23)(H4,20,21,24,25). The van der Waals surface area contributed by atoms with E-state index in [0.29, 0.717) is 40.2 Å². The van der Waals surface area contributed by atoms with Gasteiger partial charge in [-0.3, -0.25) is 0 Å².